The Hall–Kier alpha value is -1.99. The second-order valence-electron chi connectivity index (χ2n) is 5.67. The Balaban J connectivity index is 1.70. The van der Waals surface area contributed by atoms with Crippen molar-refractivity contribution in [1.29, 1.82) is 0 Å². The molecule has 2 fully saturated rings. The molecule has 0 bridgehead atoms. The number of anilines is 1. The molecule has 8 heteroatoms. The Morgan fingerprint density at radius 2 is 2.09 bits per heavy atom. The highest BCUT2D eigenvalue weighted by Crippen LogP contribution is 2.32. The lowest BCUT2D eigenvalue weighted by Crippen LogP contribution is -2.35. The number of aromatic nitrogens is 1. The third-order valence-electron chi connectivity index (χ3n) is 4.16. The first-order valence-electron chi connectivity index (χ1n) is 7.13. The molecule has 3 rings (SSSR count). The van der Waals surface area contributed by atoms with Crippen molar-refractivity contribution in [2.75, 3.05) is 24.5 Å². The highest BCUT2D eigenvalue weighted by atomic mass is 19.4. The fraction of sp³-hybridized carbons (Fsp3) is 0.571. The fourth-order valence-electron chi connectivity index (χ4n) is 2.92. The van der Waals surface area contributed by atoms with Gasteiger partial charge in [0.05, 0.1) is 12.1 Å². The molecule has 1 aromatic rings. The number of hydrogen-bond donors (Lipinski definition) is 1. The Morgan fingerprint density at radius 1 is 1.27 bits per heavy atom. The second kappa shape index (κ2) is 5.33. The van der Waals surface area contributed by atoms with Crippen LogP contribution in [0.4, 0.5) is 23.8 Å². The van der Waals surface area contributed by atoms with Gasteiger partial charge in [0.15, 0.2) is 0 Å². The highest BCUT2D eigenvalue weighted by Gasteiger charge is 2.41. The van der Waals surface area contributed by atoms with Crippen LogP contribution in [0, 0.1) is 0 Å². The smallest absolute Gasteiger partial charge is 0.417 e. The number of ether oxygens (including phenoxy) is 1. The number of nitrogens with one attached hydrogen (secondary N) is 1. The number of hydrogen-bond acceptors (Lipinski definition) is 4. The van der Waals surface area contributed by atoms with Crippen molar-refractivity contribution in [2.45, 2.75) is 31.0 Å². The Kier molecular flexibility index (Phi) is 3.62. The number of rotatable bonds is 1. The number of nitrogens with zero attached hydrogens (tertiary/aromatic N) is 2. The van der Waals surface area contributed by atoms with Gasteiger partial charge in [-0.05, 0) is 25.0 Å². The molecule has 3 heterocycles. The zero-order valence-electron chi connectivity index (χ0n) is 11.8. The molecule has 0 radical (unpaired) electrons. The molecule has 120 valence electrons. The van der Waals surface area contributed by atoms with Crippen molar-refractivity contribution in [3.05, 3.63) is 23.9 Å². The van der Waals surface area contributed by atoms with Crippen LogP contribution in [0.5, 0.6) is 0 Å². The van der Waals surface area contributed by atoms with Gasteiger partial charge in [-0.15, -0.1) is 0 Å². The summed E-state index contributed by atoms with van der Waals surface area (Å²) in [6.07, 6.45) is -1.76. The molecule has 1 atom stereocenters. The van der Waals surface area contributed by atoms with Gasteiger partial charge in [-0.3, -0.25) is 0 Å². The molecule has 0 aromatic carbocycles. The molecule has 2 aliphatic heterocycles. The highest BCUT2D eigenvalue weighted by molar-refractivity contribution is 5.70. The summed E-state index contributed by atoms with van der Waals surface area (Å²) < 4.78 is 43.0. The van der Waals surface area contributed by atoms with Crippen LogP contribution in [0.15, 0.2) is 18.3 Å². The summed E-state index contributed by atoms with van der Waals surface area (Å²) >= 11 is 0. The topological polar surface area (TPSA) is 54.5 Å². The van der Waals surface area contributed by atoms with E-state index in [2.05, 4.69) is 10.3 Å². The van der Waals surface area contributed by atoms with Gasteiger partial charge in [-0.2, -0.15) is 13.2 Å². The maximum atomic E-state index is 12.6. The molecule has 2 aliphatic rings. The maximum absolute atomic E-state index is 12.6. The van der Waals surface area contributed by atoms with Gasteiger partial charge in [-0.25, -0.2) is 9.78 Å². The molecule has 1 N–H and O–H groups in total. The van der Waals surface area contributed by atoms with Crippen LogP contribution in [0.1, 0.15) is 24.8 Å². The van der Waals surface area contributed by atoms with E-state index in [0.29, 0.717) is 31.9 Å². The van der Waals surface area contributed by atoms with E-state index in [1.807, 2.05) is 4.90 Å². The van der Waals surface area contributed by atoms with Gasteiger partial charge < -0.3 is 15.0 Å². The number of pyridine rings is 1. The summed E-state index contributed by atoms with van der Waals surface area (Å²) in [6, 6.07) is 2.43. The van der Waals surface area contributed by atoms with E-state index in [4.69, 9.17) is 4.74 Å². The Morgan fingerprint density at radius 3 is 2.68 bits per heavy atom. The van der Waals surface area contributed by atoms with E-state index in [1.165, 1.54) is 6.07 Å². The van der Waals surface area contributed by atoms with Gasteiger partial charge in [0.1, 0.15) is 11.4 Å². The van der Waals surface area contributed by atoms with E-state index in [9.17, 15) is 18.0 Å². The first-order valence-corrected chi connectivity index (χ1v) is 7.13. The number of alkyl carbamates (subject to hydrolysis) is 1. The molecule has 0 aliphatic carbocycles. The van der Waals surface area contributed by atoms with E-state index in [1.54, 1.807) is 0 Å². The molecule has 0 unspecified atom stereocenters. The number of alkyl halides is 3. The van der Waals surface area contributed by atoms with E-state index >= 15 is 0 Å². The number of carbonyl (C=O) groups is 1. The van der Waals surface area contributed by atoms with Crippen molar-refractivity contribution in [3.8, 4) is 0 Å². The number of carbonyl (C=O) groups excluding carboxylic acids is 1. The molecule has 5 nitrogen and oxygen atoms in total. The third-order valence-corrected chi connectivity index (χ3v) is 4.16. The molecule has 1 aromatic heterocycles. The summed E-state index contributed by atoms with van der Waals surface area (Å²) in [4.78, 5) is 17.1. The quantitative estimate of drug-likeness (QED) is 0.865. The van der Waals surface area contributed by atoms with E-state index < -0.39 is 23.4 Å². The first kappa shape index (κ1) is 14.9. The van der Waals surface area contributed by atoms with Crippen molar-refractivity contribution in [1.82, 2.24) is 10.3 Å². The van der Waals surface area contributed by atoms with Crippen molar-refractivity contribution in [3.63, 3.8) is 0 Å². The van der Waals surface area contributed by atoms with Crippen LogP contribution in [-0.2, 0) is 10.9 Å². The van der Waals surface area contributed by atoms with Crippen LogP contribution >= 0.6 is 0 Å². The lowest BCUT2D eigenvalue weighted by Gasteiger charge is -2.25. The van der Waals surface area contributed by atoms with Crippen LogP contribution in [0.3, 0.4) is 0 Å². The summed E-state index contributed by atoms with van der Waals surface area (Å²) in [5.41, 5.74) is -1.24. The number of amides is 1. The van der Waals surface area contributed by atoms with Crippen molar-refractivity contribution in [2.24, 2.45) is 0 Å². The van der Waals surface area contributed by atoms with Crippen molar-refractivity contribution >= 4 is 11.9 Å². The number of halogens is 3. The van der Waals surface area contributed by atoms with Gasteiger partial charge in [0.2, 0.25) is 0 Å². The Bertz CT molecular complexity index is 561. The fourth-order valence-corrected chi connectivity index (χ4v) is 2.92. The summed E-state index contributed by atoms with van der Waals surface area (Å²) in [7, 11) is 0. The minimum Gasteiger partial charge on any atom is -0.441 e. The normalized spacial score (nSPS) is 25.8. The van der Waals surface area contributed by atoms with Crippen LogP contribution in [0.2, 0.25) is 0 Å². The molecular formula is C14H16F3N3O2. The SMILES string of the molecule is O=C1NC[C@]2(CCCN(c3ccc(C(F)(F)F)cn3)CC2)O1. The average molecular weight is 315 g/mol. The molecule has 0 saturated carbocycles. The van der Waals surface area contributed by atoms with Gasteiger partial charge in [0, 0.05) is 25.7 Å². The zero-order valence-corrected chi connectivity index (χ0v) is 11.8. The molecule has 1 spiro atoms. The van der Waals surface area contributed by atoms with Gasteiger partial charge >= 0.3 is 12.3 Å². The lowest BCUT2D eigenvalue weighted by atomic mass is 9.95. The first-order chi connectivity index (χ1) is 10.4. The predicted octanol–water partition coefficient (Wildman–Crippen LogP) is 2.57. The van der Waals surface area contributed by atoms with E-state index in [0.717, 1.165) is 25.1 Å². The van der Waals surface area contributed by atoms with Crippen LogP contribution in [-0.4, -0.2) is 36.3 Å². The summed E-state index contributed by atoms with van der Waals surface area (Å²) in [5.74, 6) is 0.516. The van der Waals surface area contributed by atoms with Crippen LogP contribution in [0.25, 0.3) is 0 Å². The minimum absolute atomic E-state index is 0.402. The van der Waals surface area contributed by atoms with E-state index in [-0.39, 0.29) is 0 Å². The minimum atomic E-state index is -4.38. The van der Waals surface area contributed by atoms with Gasteiger partial charge in [0.25, 0.3) is 0 Å². The predicted molar refractivity (Wildman–Crippen MR) is 72.5 cm³/mol. The molecule has 1 amide bonds. The molecular weight excluding hydrogens is 299 g/mol. The zero-order chi connectivity index (χ0) is 15.8. The van der Waals surface area contributed by atoms with Gasteiger partial charge in [-0.1, -0.05) is 0 Å². The third kappa shape index (κ3) is 2.95. The standard InChI is InChI=1S/C14H16F3N3O2/c15-14(16,17)10-2-3-11(18-8-10)20-6-1-4-13(5-7-20)9-19-12(21)22-13/h2-3,8H,1,4-7,9H2,(H,19,21)/t13-/m1/s1. The largest absolute Gasteiger partial charge is 0.441 e. The summed E-state index contributed by atoms with van der Waals surface area (Å²) in [5, 5.41) is 2.67. The van der Waals surface area contributed by atoms with Crippen molar-refractivity contribution < 1.29 is 22.7 Å². The monoisotopic (exact) mass is 315 g/mol. The average Bonchev–Trinajstić information content (AvgIpc) is 2.70. The molecule has 22 heavy (non-hydrogen) atoms. The second-order valence-corrected chi connectivity index (χ2v) is 5.67. The maximum Gasteiger partial charge on any atom is 0.417 e. The lowest BCUT2D eigenvalue weighted by molar-refractivity contribution is -0.137. The Labute approximate surface area is 125 Å². The van der Waals surface area contributed by atoms with Crippen LogP contribution < -0.4 is 10.2 Å². The molecule has 2 saturated heterocycles. The summed E-state index contributed by atoms with van der Waals surface area (Å²) in [6.45, 7) is 1.76.